The van der Waals surface area contributed by atoms with Gasteiger partial charge in [0.2, 0.25) is 0 Å². The molecule has 23 heavy (non-hydrogen) atoms. The lowest BCUT2D eigenvalue weighted by atomic mass is 10.3. The number of hydrogen-bond donors (Lipinski definition) is 0. The van der Waals surface area contributed by atoms with E-state index >= 15 is 0 Å². The zero-order chi connectivity index (χ0) is 17.2. The second kappa shape index (κ2) is 6.01. The maximum absolute atomic E-state index is 12.4. The summed E-state index contributed by atoms with van der Waals surface area (Å²) < 4.78 is 29.7. The van der Waals surface area contributed by atoms with Gasteiger partial charge in [0.25, 0.3) is 21.3 Å². The molecule has 0 aliphatic carbocycles. The Morgan fingerprint density at radius 1 is 1.17 bits per heavy atom. The van der Waals surface area contributed by atoms with Crippen LogP contribution < -0.4 is 5.56 Å². The summed E-state index contributed by atoms with van der Waals surface area (Å²) in [6, 6.07) is 6.06. The van der Waals surface area contributed by atoms with Gasteiger partial charge in [0, 0.05) is 24.4 Å². The van der Waals surface area contributed by atoms with E-state index in [0.717, 1.165) is 49.7 Å². The van der Waals surface area contributed by atoms with Gasteiger partial charge in [0.05, 0.1) is 22.5 Å². The van der Waals surface area contributed by atoms with E-state index in [-0.39, 0.29) is 16.1 Å². The van der Waals surface area contributed by atoms with Crippen molar-refractivity contribution in [3.63, 3.8) is 0 Å². The second-order valence-electron chi connectivity index (χ2n) is 4.30. The molecule has 0 N–H and O–H groups in total. The largest absolute Gasteiger partial charge is 0.465 e. The quantitative estimate of drug-likeness (QED) is 0.458. The summed E-state index contributed by atoms with van der Waals surface area (Å²) in [5, 5.41) is 10.6. The Morgan fingerprint density at radius 3 is 2.30 bits per heavy atom. The van der Waals surface area contributed by atoms with E-state index in [2.05, 4.69) is 4.74 Å². The Labute approximate surface area is 129 Å². The average molecular weight is 338 g/mol. The highest BCUT2D eigenvalue weighted by atomic mass is 32.2. The lowest BCUT2D eigenvalue weighted by Crippen LogP contribution is -2.27. The summed E-state index contributed by atoms with van der Waals surface area (Å²) in [5.41, 5.74) is -1.30. The molecular formula is C13H10N2O7S. The second-order valence-corrected chi connectivity index (χ2v) is 6.11. The van der Waals surface area contributed by atoms with Crippen molar-refractivity contribution in [1.82, 2.24) is 3.97 Å². The van der Waals surface area contributed by atoms with Crippen molar-refractivity contribution in [2.75, 3.05) is 7.11 Å². The number of nitrogens with zero attached hydrogens (tertiary/aromatic N) is 2. The minimum absolute atomic E-state index is 0.127. The van der Waals surface area contributed by atoms with Gasteiger partial charge >= 0.3 is 5.97 Å². The van der Waals surface area contributed by atoms with E-state index in [4.69, 9.17) is 0 Å². The number of hydrogen-bond acceptors (Lipinski definition) is 7. The van der Waals surface area contributed by atoms with E-state index in [1.807, 2.05) is 0 Å². The Hall–Kier alpha value is -3.01. The standard InChI is InChI=1S/C13H10N2O7S/c1-22-13(17)9-2-7-12(16)14(8-9)23(20,21)11-5-3-10(4-6-11)15(18)19/h2-8H,1H3. The third-order valence-corrected chi connectivity index (χ3v) is 4.58. The molecule has 0 aliphatic rings. The predicted molar refractivity (Wildman–Crippen MR) is 77.7 cm³/mol. The van der Waals surface area contributed by atoms with Gasteiger partial charge < -0.3 is 4.74 Å². The number of aromatic nitrogens is 1. The van der Waals surface area contributed by atoms with Gasteiger partial charge in [-0.1, -0.05) is 0 Å². The Balaban J connectivity index is 2.57. The van der Waals surface area contributed by atoms with Crippen LogP contribution in [-0.4, -0.2) is 30.4 Å². The maximum atomic E-state index is 12.4. The van der Waals surface area contributed by atoms with Crippen LogP contribution in [-0.2, 0) is 14.8 Å². The first kappa shape index (κ1) is 16.4. The summed E-state index contributed by atoms with van der Waals surface area (Å²) in [6.07, 6.45) is 0.838. The molecule has 10 heteroatoms. The topological polar surface area (TPSA) is 126 Å². The lowest BCUT2D eigenvalue weighted by Gasteiger charge is -2.08. The monoisotopic (exact) mass is 338 g/mol. The third kappa shape index (κ3) is 3.11. The van der Waals surface area contributed by atoms with Crippen molar-refractivity contribution in [3.05, 3.63) is 68.6 Å². The summed E-state index contributed by atoms with van der Waals surface area (Å²) in [7, 11) is -3.19. The number of methoxy groups -OCH3 is 1. The van der Waals surface area contributed by atoms with Crippen molar-refractivity contribution in [1.29, 1.82) is 0 Å². The molecule has 1 heterocycles. The lowest BCUT2D eigenvalue weighted by molar-refractivity contribution is -0.384. The number of nitro benzene ring substituents is 1. The molecule has 2 aromatic rings. The van der Waals surface area contributed by atoms with Crippen molar-refractivity contribution in [2.45, 2.75) is 4.90 Å². The zero-order valence-corrected chi connectivity index (χ0v) is 12.5. The van der Waals surface area contributed by atoms with Gasteiger partial charge in [0.1, 0.15) is 0 Å². The average Bonchev–Trinajstić information content (AvgIpc) is 2.54. The van der Waals surface area contributed by atoms with Gasteiger partial charge in [0.15, 0.2) is 0 Å². The van der Waals surface area contributed by atoms with Crippen LogP contribution in [0.3, 0.4) is 0 Å². The number of non-ortho nitro benzene ring substituents is 1. The van der Waals surface area contributed by atoms with E-state index in [1.165, 1.54) is 0 Å². The van der Waals surface area contributed by atoms with Crippen LogP contribution in [0.4, 0.5) is 5.69 Å². The van der Waals surface area contributed by atoms with E-state index in [9.17, 15) is 28.1 Å². The first-order chi connectivity index (χ1) is 10.8. The number of ether oxygens (including phenoxy) is 1. The molecule has 0 saturated carbocycles. The van der Waals surface area contributed by atoms with Gasteiger partial charge in [-0.25, -0.2) is 17.2 Å². The molecule has 0 amide bonds. The van der Waals surface area contributed by atoms with Crippen molar-refractivity contribution in [3.8, 4) is 0 Å². The number of rotatable bonds is 4. The Bertz CT molecular complexity index is 930. The molecule has 0 saturated heterocycles. The first-order valence-corrected chi connectivity index (χ1v) is 7.52. The molecule has 0 radical (unpaired) electrons. The number of benzene rings is 1. The van der Waals surface area contributed by atoms with Crippen molar-refractivity contribution in [2.24, 2.45) is 0 Å². The summed E-state index contributed by atoms with van der Waals surface area (Å²) in [5.74, 6) is -0.808. The zero-order valence-electron chi connectivity index (χ0n) is 11.7. The molecule has 0 aliphatic heterocycles. The molecule has 0 spiro atoms. The van der Waals surface area contributed by atoms with Crippen LogP contribution in [0.2, 0.25) is 0 Å². The Kier molecular flexibility index (Phi) is 4.27. The molecular weight excluding hydrogens is 328 g/mol. The van der Waals surface area contributed by atoms with Crippen LogP contribution in [0.1, 0.15) is 10.4 Å². The molecule has 120 valence electrons. The Morgan fingerprint density at radius 2 is 1.78 bits per heavy atom. The van der Waals surface area contributed by atoms with Crippen molar-refractivity contribution >= 4 is 21.7 Å². The molecule has 0 fully saturated rings. The molecule has 2 rings (SSSR count). The summed E-state index contributed by atoms with van der Waals surface area (Å²) in [4.78, 5) is 32.8. The highest BCUT2D eigenvalue weighted by Gasteiger charge is 2.21. The minimum atomic E-state index is -4.30. The summed E-state index contributed by atoms with van der Waals surface area (Å²) in [6.45, 7) is 0. The third-order valence-electron chi connectivity index (χ3n) is 2.90. The number of carbonyl (C=O) groups excluding carboxylic acids is 1. The fourth-order valence-corrected chi connectivity index (χ4v) is 3.00. The molecule has 9 nitrogen and oxygen atoms in total. The minimum Gasteiger partial charge on any atom is -0.465 e. The van der Waals surface area contributed by atoms with Gasteiger partial charge in [-0.3, -0.25) is 14.9 Å². The van der Waals surface area contributed by atoms with Crippen LogP contribution in [0.15, 0.2) is 52.3 Å². The SMILES string of the molecule is COC(=O)c1ccc(=O)n(S(=O)(=O)c2ccc([N+](=O)[O-])cc2)c1. The normalized spacial score (nSPS) is 11.0. The fraction of sp³-hybridized carbons (Fsp3) is 0.0769. The molecule has 1 aromatic carbocycles. The van der Waals surface area contributed by atoms with Crippen LogP contribution in [0.5, 0.6) is 0 Å². The van der Waals surface area contributed by atoms with Crippen LogP contribution in [0, 0.1) is 10.1 Å². The van der Waals surface area contributed by atoms with Gasteiger partial charge in [-0.05, 0) is 18.2 Å². The summed E-state index contributed by atoms with van der Waals surface area (Å²) >= 11 is 0. The number of pyridine rings is 1. The fourth-order valence-electron chi connectivity index (χ4n) is 1.75. The highest BCUT2D eigenvalue weighted by Crippen LogP contribution is 2.17. The maximum Gasteiger partial charge on any atom is 0.339 e. The van der Waals surface area contributed by atoms with E-state index in [0.29, 0.717) is 3.97 Å². The highest BCUT2D eigenvalue weighted by molar-refractivity contribution is 7.90. The molecule has 1 aromatic heterocycles. The number of nitro groups is 1. The number of carbonyl (C=O) groups is 1. The van der Waals surface area contributed by atoms with Crippen LogP contribution >= 0.6 is 0 Å². The molecule has 0 unspecified atom stereocenters. The van der Waals surface area contributed by atoms with E-state index in [1.54, 1.807) is 0 Å². The van der Waals surface area contributed by atoms with Gasteiger partial charge in [-0.15, -0.1) is 0 Å². The number of esters is 1. The smallest absolute Gasteiger partial charge is 0.339 e. The first-order valence-electron chi connectivity index (χ1n) is 6.08. The molecule has 0 bridgehead atoms. The predicted octanol–water partition coefficient (Wildman–Crippen LogP) is 0.780. The molecule has 0 atom stereocenters. The van der Waals surface area contributed by atoms with Crippen LogP contribution in [0.25, 0.3) is 0 Å². The van der Waals surface area contributed by atoms with Crippen molar-refractivity contribution < 1.29 is 22.9 Å². The van der Waals surface area contributed by atoms with E-state index < -0.39 is 26.5 Å². The van der Waals surface area contributed by atoms with Gasteiger partial charge in [-0.2, -0.15) is 0 Å².